The van der Waals surface area contributed by atoms with Gasteiger partial charge in [0.05, 0.1) is 44.8 Å². The predicted octanol–water partition coefficient (Wildman–Crippen LogP) is 14.1. The molecular weight excluding hydrogens is 805 g/mol. The zero-order chi connectivity index (χ0) is 43.3. The van der Waals surface area contributed by atoms with Crippen molar-refractivity contribution in [2.45, 2.75) is 51.4 Å². The van der Waals surface area contributed by atoms with E-state index in [2.05, 4.69) is 179 Å². The van der Waals surface area contributed by atoms with Crippen LogP contribution in [-0.4, -0.2) is 29.1 Å². The second-order valence-electron chi connectivity index (χ2n) is 18.2. The van der Waals surface area contributed by atoms with E-state index in [1.165, 1.54) is 77.1 Å². The van der Waals surface area contributed by atoms with Gasteiger partial charge < -0.3 is 0 Å². The van der Waals surface area contributed by atoms with Crippen LogP contribution in [0.15, 0.2) is 170 Å². The molecule has 0 unspecified atom stereocenters. The summed E-state index contributed by atoms with van der Waals surface area (Å²) in [5.74, 6) is 1.43. The minimum absolute atomic E-state index is 0.689. The first-order valence-corrected chi connectivity index (χ1v) is 23.5. The molecule has 0 atom stereocenters. The second kappa shape index (κ2) is 14.8. The highest BCUT2D eigenvalue weighted by molar-refractivity contribution is 6.15. The van der Waals surface area contributed by atoms with Gasteiger partial charge >= 0.3 is 0 Å². The van der Waals surface area contributed by atoms with Gasteiger partial charge in [-0.3, -0.25) is 9.13 Å². The Bertz CT molecular complexity index is 3750. The number of allylic oxidation sites excluding steroid dienone is 8. The van der Waals surface area contributed by atoms with Crippen LogP contribution in [-0.2, 0) is 25.7 Å². The van der Waals surface area contributed by atoms with Gasteiger partial charge in [-0.25, -0.2) is 19.9 Å². The first kappa shape index (κ1) is 37.4. The molecule has 4 aliphatic carbocycles. The van der Waals surface area contributed by atoms with Crippen molar-refractivity contribution in [3.05, 3.63) is 204 Å². The molecule has 0 fully saturated rings. The minimum Gasteiger partial charge on any atom is -0.278 e. The van der Waals surface area contributed by atoms with Crippen LogP contribution in [0.4, 0.5) is 0 Å². The number of hydrogen-bond acceptors (Lipinski definition) is 4. The Hall–Kier alpha value is -7.96. The summed E-state index contributed by atoms with van der Waals surface area (Å²) in [6.07, 6.45) is 21.3. The fourth-order valence-corrected chi connectivity index (χ4v) is 11.5. The number of nitrogens with zero attached hydrogens (tertiary/aromatic N) is 6. The lowest BCUT2D eigenvalue weighted by atomic mass is 9.74. The number of aromatic nitrogens is 6. The third kappa shape index (κ3) is 5.74. The molecule has 4 aromatic heterocycles. The lowest BCUT2D eigenvalue weighted by Crippen LogP contribution is -2.17. The molecular formula is C60H44N6. The molecule has 0 amide bonds. The van der Waals surface area contributed by atoms with Gasteiger partial charge in [0.15, 0.2) is 0 Å². The summed E-state index contributed by atoms with van der Waals surface area (Å²) in [5.41, 5.74) is 21.5. The standard InChI is InChI=1S/C60H44N6/c1-5-17-37(18-6-1)49-35-50(38-19-7-2-8-20-38)62-59(61-49)65-53-27-15-13-25-43(53)47-33-41-30-32-46-56-42(29-31-45(55(41)56)57(47)65)34-48-44-26-14-16-28-54(44)66(58(46)48)60-63-51(39-21-9-3-10-22-39)36-52(64-60)40-23-11-4-12-24-40/h1-3,5-9,11,13-21,23-28,33-36H,4,10,12,22,29-32H2. The number of aryl methyl sites for hydroxylation is 4. The molecule has 6 aromatic carbocycles. The topological polar surface area (TPSA) is 61.4 Å². The van der Waals surface area contributed by atoms with Crippen molar-refractivity contribution < 1.29 is 0 Å². The maximum atomic E-state index is 5.49. The zero-order valence-electron chi connectivity index (χ0n) is 36.5. The van der Waals surface area contributed by atoms with Crippen molar-refractivity contribution in [1.29, 1.82) is 0 Å². The molecule has 0 aliphatic heterocycles. The molecule has 6 nitrogen and oxygen atoms in total. The third-order valence-corrected chi connectivity index (χ3v) is 14.4. The van der Waals surface area contributed by atoms with Gasteiger partial charge in [0.2, 0.25) is 11.9 Å². The van der Waals surface area contributed by atoms with Crippen molar-refractivity contribution in [2.24, 2.45) is 0 Å². The van der Waals surface area contributed by atoms with E-state index in [0.717, 1.165) is 102 Å². The molecule has 4 heterocycles. The summed E-state index contributed by atoms with van der Waals surface area (Å²) in [6, 6.07) is 48.1. The maximum absolute atomic E-state index is 5.49. The normalized spacial score (nSPS) is 15.2. The van der Waals surface area contributed by atoms with Crippen LogP contribution in [0.25, 0.3) is 100 Å². The van der Waals surface area contributed by atoms with Crippen molar-refractivity contribution in [2.75, 3.05) is 0 Å². The molecule has 10 aromatic rings. The summed E-state index contributed by atoms with van der Waals surface area (Å²) in [4.78, 5) is 21.8. The highest BCUT2D eigenvalue weighted by atomic mass is 15.2. The molecule has 0 N–H and O–H groups in total. The van der Waals surface area contributed by atoms with Crippen molar-refractivity contribution in [1.82, 2.24) is 29.1 Å². The Kier molecular flexibility index (Phi) is 8.39. The van der Waals surface area contributed by atoms with Crippen LogP contribution in [0.2, 0.25) is 0 Å². The van der Waals surface area contributed by atoms with Crippen molar-refractivity contribution in [3.8, 4) is 45.5 Å². The summed E-state index contributed by atoms with van der Waals surface area (Å²) >= 11 is 0. The van der Waals surface area contributed by atoms with E-state index in [1.807, 2.05) is 0 Å². The molecule has 14 rings (SSSR count). The predicted molar refractivity (Wildman–Crippen MR) is 270 cm³/mol. The number of para-hydroxylation sites is 2. The molecule has 4 aliphatic rings. The smallest absolute Gasteiger partial charge is 0.235 e. The zero-order valence-corrected chi connectivity index (χ0v) is 36.5. The van der Waals surface area contributed by atoms with Crippen LogP contribution < -0.4 is 0 Å². The third-order valence-electron chi connectivity index (χ3n) is 14.4. The monoisotopic (exact) mass is 848 g/mol. The van der Waals surface area contributed by atoms with Crippen LogP contribution in [0, 0.1) is 0 Å². The summed E-state index contributed by atoms with van der Waals surface area (Å²) < 4.78 is 4.78. The average molecular weight is 849 g/mol. The molecule has 0 saturated heterocycles. The van der Waals surface area contributed by atoms with E-state index >= 15 is 0 Å². The van der Waals surface area contributed by atoms with Gasteiger partial charge in [-0.2, -0.15) is 0 Å². The first-order chi connectivity index (χ1) is 32.7. The van der Waals surface area contributed by atoms with Crippen molar-refractivity contribution >= 4 is 54.8 Å². The lowest BCUT2D eigenvalue weighted by molar-refractivity contribution is 0.876. The molecule has 0 spiro atoms. The SMILES string of the molecule is C1=CCCC(c2cc(C3=CCCC=C3)nc(-n3c4ccccc4c4cc5c6c(c43)CCc3cc4c7ccccc7n(-c7nc(-c8ccccc8)cc(-c8ccccc8)n7)c4c(c3-6)CC5)n2)=C1. The molecule has 6 heteroatoms. The van der Waals surface area contributed by atoms with E-state index in [4.69, 9.17) is 19.9 Å². The van der Waals surface area contributed by atoms with Gasteiger partial charge in [0.25, 0.3) is 0 Å². The summed E-state index contributed by atoms with van der Waals surface area (Å²) in [5, 5.41) is 5.03. The van der Waals surface area contributed by atoms with Crippen molar-refractivity contribution in [3.63, 3.8) is 0 Å². The Morgan fingerprint density at radius 1 is 0.424 bits per heavy atom. The maximum Gasteiger partial charge on any atom is 0.235 e. The number of fused-ring (bicyclic) bond motifs is 8. The van der Waals surface area contributed by atoms with Gasteiger partial charge in [-0.1, -0.05) is 134 Å². The fourth-order valence-electron chi connectivity index (χ4n) is 11.5. The average Bonchev–Trinajstić information content (AvgIpc) is 3.91. The quantitative estimate of drug-likeness (QED) is 0.167. The summed E-state index contributed by atoms with van der Waals surface area (Å²) in [6.45, 7) is 0. The Labute approximate surface area is 382 Å². The van der Waals surface area contributed by atoms with E-state index < -0.39 is 0 Å². The van der Waals surface area contributed by atoms with Gasteiger partial charge in [0.1, 0.15) is 0 Å². The fraction of sp³-hybridized carbons (Fsp3) is 0.133. The first-order valence-electron chi connectivity index (χ1n) is 23.5. The molecule has 0 radical (unpaired) electrons. The largest absolute Gasteiger partial charge is 0.278 e. The van der Waals surface area contributed by atoms with Crippen LogP contribution in [0.5, 0.6) is 0 Å². The Morgan fingerprint density at radius 3 is 1.50 bits per heavy atom. The van der Waals surface area contributed by atoms with E-state index in [-0.39, 0.29) is 0 Å². The van der Waals surface area contributed by atoms with Crippen LogP contribution in [0.1, 0.15) is 59.3 Å². The van der Waals surface area contributed by atoms with E-state index in [1.54, 1.807) is 0 Å². The molecule has 0 saturated carbocycles. The minimum atomic E-state index is 0.689. The number of rotatable bonds is 6. The second-order valence-corrected chi connectivity index (χ2v) is 18.2. The number of benzene rings is 6. The summed E-state index contributed by atoms with van der Waals surface area (Å²) in [7, 11) is 0. The Morgan fingerprint density at radius 2 is 0.955 bits per heavy atom. The van der Waals surface area contributed by atoms with Crippen LogP contribution >= 0.6 is 0 Å². The number of hydrogen-bond donors (Lipinski definition) is 0. The van der Waals surface area contributed by atoms with Gasteiger partial charge in [-0.05, 0) is 132 Å². The van der Waals surface area contributed by atoms with Gasteiger partial charge in [0, 0.05) is 32.7 Å². The molecule has 0 bridgehead atoms. The lowest BCUT2D eigenvalue weighted by Gasteiger charge is -2.31. The van der Waals surface area contributed by atoms with Gasteiger partial charge in [-0.15, -0.1) is 0 Å². The Balaban J connectivity index is 1.05. The van der Waals surface area contributed by atoms with Crippen LogP contribution in [0.3, 0.4) is 0 Å². The highest BCUT2D eigenvalue weighted by Crippen LogP contribution is 2.51. The van der Waals surface area contributed by atoms with E-state index in [9.17, 15) is 0 Å². The highest BCUT2D eigenvalue weighted by Gasteiger charge is 2.34. The van der Waals surface area contributed by atoms with E-state index in [0.29, 0.717) is 5.95 Å². The molecule has 66 heavy (non-hydrogen) atoms. The molecule has 314 valence electrons.